The maximum absolute atomic E-state index is 13.8. The first-order valence-corrected chi connectivity index (χ1v) is 14.0. The fourth-order valence-corrected chi connectivity index (χ4v) is 4.75. The van der Waals surface area contributed by atoms with Gasteiger partial charge in [-0.2, -0.15) is 0 Å². The summed E-state index contributed by atoms with van der Waals surface area (Å²) in [6, 6.07) is 12.0. The number of hydrogen-bond donors (Lipinski definition) is 1. The number of ether oxygens (including phenoxy) is 1. The summed E-state index contributed by atoms with van der Waals surface area (Å²) < 4.78 is 32.1. The number of carbonyl (C=O) groups excluding carboxylic acids is 2. The Morgan fingerprint density at radius 1 is 1.08 bits per heavy atom. The molecule has 36 heavy (non-hydrogen) atoms. The molecular weight excluding hydrogens is 478 g/mol. The van der Waals surface area contributed by atoms with Gasteiger partial charge in [0.1, 0.15) is 18.3 Å². The van der Waals surface area contributed by atoms with Crippen LogP contribution in [0.2, 0.25) is 0 Å². The summed E-state index contributed by atoms with van der Waals surface area (Å²) in [5, 5.41) is 2.93. The summed E-state index contributed by atoms with van der Waals surface area (Å²) in [5.41, 5.74) is 2.97. The number of rotatable bonds is 12. The molecule has 0 unspecified atom stereocenters. The summed E-state index contributed by atoms with van der Waals surface area (Å²) in [6.45, 7) is 9.82. The number of benzene rings is 2. The molecular formula is C27H39N3O5S. The van der Waals surface area contributed by atoms with Gasteiger partial charge in [-0.25, -0.2) is 8.42 Å². The van der Waals surface area contributed by atoms with Crippen LogP contribution in [0.4, 0.5) is 5.69 Å². The Bertz CT molecular complexity index is 1160. The van der Waals surface area contributed by atoms with E-state index < -0.39 is 28.5 Å². The van der Waals surface area contributed by atoms with E-state index in [9.17, 15) is 18.0 Å². The number of amides is 2. The molecule has 0 radical (unpaired) electrons. The SMILES string of the molecule is CC[C@@H](C(=O)NCC(C)C)N(Cc1ccccc1C)C(=O)CN(c1cc(C)ccc1OC)S(C)(=O)=O. The Balaban J connectivity index is 2.51. The van der Waals surface area contributed by atoms with E-state index in [1.807, 2.05) is 58.9 Å². The highest BCUT2D eigenvalue weighted by Crippen LogP contribution is 2.31. The second-order valence-corrected chi connectivity index (χ2v) is 11.4. The first kappa shape index (κ1) is 29.2. The van der Waals surface area contributed by atoms with Crippen LogP contribution < -0.4 is 14.4 Å². The van der Waals surface area contributed by atoms with E-state index in [1.165, 1.54) is 12.0 Å². The van der Waals surface area contributed by atoms with Crippen molar-refractivity contribution in [1.29, 1.82) is 0 Å². The van der Waals surface area contributed by atoms with Gasteiger partial charge in [0, 0.05) is 13.1 Å². The largest absolute Gasteiger partial charge is 0.495 e. The summed E-state index contributed by atoms with van der Waals surface area (Å²) in [5.74, 6) is -0.140. The second kappa shape index (κ2) is 12.8. The third kappa shape index (κ3) is 7.71. The summed E-state index contributed by atoms with van der Waals surface area (Å²) in [6.07, 6.45) is 1.44. The molecule has 0 aliphatic rings. The lowest BCUT2D eigenvalue weighted by molar-refractivity contribution is -0.140. The number of carbonyl (C=O) groups is 2. The van der Waals surface area contributed by atoms with Crippen LogP contribution in [0.5, 0.6) is 5.75 Å². The molecule has 0 fully saturated rings. The highest BCUT2D eigenvalue weighted by Gasteiger charge is 2.32. The van der Waals surface area contributed by atoms with Gasteiger partial charge in [0.15, 0.2) is 0 Å². The van der Waals surface area contributed by atoms with Gasteiger partial charge in [-0.05, 0) is 55.0 Å². The van der Waals surface area contributed by atoms with Crippen molar-refractivity contribution in [2.45, 2.75) is 53.6 Å². The highest BCUT2D eigenvalue weighted by molar-refractivity contribution is 7.92. The van der Waals surface area contributed by atoms with Crippen molar-refractivity contribution in [2.24, 2.45) is 5.92 Å². The van der Waals surface area contributed by atoms with E-state index in [0.717, 1.165) is 27.3 Å². The molecule has 0 saturated heterocycles. The van der Waals surface area contributed by atoms with Crippen molar-refractivity contribution in [3.05, 3.63) is 59.2 Å². The molecule has 0 saturated carbocycles. The summed E-state index contributed by atoms with van der Waals surface area (Å²) in [7, 11) is -2.39. The van der Waals surface area contributed by atoms with Crippen LogP contribution in [0.25, 0.3) is 0 Å². The lowest BCUT2D eigenvalue weighted by atomic mass is 10.1. The zero-order chi connectivity index (χ0) is 27.0. The molecule has 2 aromatic carbocycles. The standard InChI is InChI=1S/C27H39N3O5S/c1-8-23(27(32)28-16-19(2)3)29(17-22-12-10-9-11-21(22)5)26(31)18-30(36(7,33)34)24-15-20(4)13-14-25(24)35-6/h9-15,19,23H,8,16-18H2,1-7H3,(H,28,32)/t23-/m0/s1. The monoisotopic (exact) mass is 517 g/mol. The van der Waals surface area contributed by atoms with Crippen LogP contribution >= 0.6 is 0 Å². The minimum atomic E-state index is -3.85. The van der Waals surface area contributed by atoms with Gasteiger partial charge in [-0.15, -0.1) is 0 Å². The van der Waals surface area contributed by atoms with Crippen molar-refractivity contribution in [3.8, 4) is 5.75 Å². The Labute approximate surface area is 215 Å². The lowest BCUT2D eigenvalue weighted by Crippen LogP contribution is -2.52. The lowest BCUT2D eigenvalue weighted by Gasteiger charge is -2.33. The number of anilines is 1. The fraction of sp³-hybridized carbons (Fsp3) is 0.481. The number of nitrogens with zero attached hydrogens (tertiary/aromatic N) is 2. The Morgan fingerprint density at radius 2 is 1.75 bits per heavy atom. The zero-order valence-corrected chi connectivity index (χ0v) is 23.2. The maximum Gasteiger partial charge on any atom is 0.244 e. The van der Waals surface area contributed by atoms with Crippen molar-refractivity contribution < 1.29 is 22.7 Å². The van der Waals surface area contributed by atoms with Gasteiger partial charge >= 0.3 is 0 Å². The van der Waals surface area contributed by atoms with Crippen molar-refractivity contribution in [1.82, 2.24) is 10.2 Å². The smallest absolute Gasteiger partial charge is 0.244 e. The van der Waals surface area contributed by atoms with Gasteiger partial charge in [-0.1, -0.05) is 51.1 Å². The van der Waals surface area contributed by atoms with Gasteiger partial charge in [0.05, 0.1) is 19.1 Å². The van der Waals surface area contributed by atoms with E-state index in [4.69, 9.17) is 4.74 Å². The predicted octanol–water partition coefficient (Wildman–Crippen LogP) is 3.66. The molecule has 2 amide bonds. The number of sulfonamides is 1. The van der Waals surface area contributed by atoms with E-state index >= 15 is 0 Å². The molecule has 0 aliphatic carbocycles. The molecule has 8 nitrogen and oxygen atoms in total. The minimum absolute atomic E-state index is 0.182. The third-order valence-corrected chi connectivity index (χ3v) is 7.08. The predicted molar refractivity (Wildman–Crippen MR) is 144 cm³/mol. The normalized spacial score (nSPS) is 12.2. The van der Waals surface area contributed by atoms with Crippen molar-refractivity contribution in [3.63, 3.8) is 0 Å². The average molecular weight is 518 g/mol. The van der Waals surface area contributed by atoms with E-state index in [0.29, 0.717) is 18.7 Å². The Morgan fingerprint density at radius 3 is 2.31 bits per heavy atom. The van der Waals surface area contributed by atoms with Crippen LogP contribution in [0.15, 0.2) is 42.5 Å². The topological polar surface area (TPSA) is 96.0 Å². The van der Waals surface area contributed by atoms with Crippen LogP contribution in [0.1, 0.15) is 43.9 Å². The van der Waals surface area contributed by atoms with Crippen LogP contribution in [0.3, 0.4) is 0 Å². The van der Waals surface area contributed by atoms with Gasteiger partial charge < -0.3 is 15.0 Å². The molecule has 0 aromatic heterocycles. The Kier molecular flexibility index (Phi) is 10.3. The summed E-state index contributed by atoms with van der Waals surface area (Å²) >= 11 is 0. The quantitative estimate of drug-likeness (QED) is 0.464. The Hall–Kier alpha value is -3.07. The van der Waals surface area contributed by atoms with Crippen LogP contribution in [-0.2, 0) is 26.2 Å². The molecule has 0 bridgehead atoms. The van der Waals surface area contributed by atoms with Gasteiger partial charge in [0.2, 0.25) is 21.8 Å². The highest BCUT2D eigenvalue weighted by atomic mass is 32.2. The fourth-order valence-electron chi connectivity index (χ4n) is 3.90. The van der Waals surface area contributed by atoms with E-state index in [-0.39, 0.29) is 24.1 Å². The minimum Gasteiger partial charge on any atom is -0.495 e. The maximum atomic E-state index is 13.8. The van der Waals surface area contributed by atoms with Gasteiger partial charge in [0.25, 0.3) is 0 Å². The molecule has 0 aliphatic heterocycles. The van der Waals surface area contributed by atoms with Crippen molar-refractivity contribution >= 4 is 27.5 Å². The molecule has 0 heterocycles. The first-order valence-electron chi connectivity index (χ1n) is 12.1. The molecule has 2 aromatic rings. The third-order valence-electron chi connectivity index (χ3n) is 5.95. The van der Waals surface area contributed by atoms with E-state index in [2.05, 4.69) is 5.32 Å². The molecule has 0 spiro atoms. The average Bonchev–Trinajstić information content (AvgIpc) is 2.81. The zero-order valence-electron chi connectivity index (χ0n) is 22.4. The molecule has 9 heteroatoms. The number of aryl methyl sites for hydroxylation is 2. The number of methoxy groups -OCH3 is 1. The van der Waals surface area contributed by atoms with E-state index in [1.54, 1.807) is 18.2 Å². The second-order valence-electron chi connectivity index (χ2n) is 9.46. The number of nitrogens with one attached hydrogen (secondary N) is 1. The molecule has 1 N–H and O–H groups in total. The van der Waals surface area contributed by atoms with Crippen LogP contribution in [-0.4, -0.2) is 57.6 Å². The van der Waals surface area contributed by atoms with Crippen LogP contribution in [0, 0.1) is 19.8 Å². The first-order chi connectivity index (χ1) is 16.9. The van der Waals surface area contributed by atoms with Crippen molar-refractivity contribution in [2.75, 3.05) is 30.8 Å². The molecule has 1 atom stereocenters. The summed E-state index contributed by atoms with van der Waals surface area (Å²) in [4.78, 5) is 28.4. The molecule has 2 rings (SSSR count). The van der Waals surface area contributed by atoms with Gasteiger partial charge in [-0.3, -0.25) is 13.9 Å². The number of hydrogen-bond acceptors (Lipinski definition) is 5. The molecule has 198 valence electrons.